The average Bonchev–Trinajstić information content (AvgIpc) is 2.76. The predicted octanol–water partition coefficient (Wildman–Crippen LogP) is 3.56. The average molecular weight is 441 g/mol. The lowest BCUT2D eigenvalue weighted by atomic mass is 9.71. The lowest BCUT2D eigenvalue weighted by Gasteiger charge is -2.51. The first-order valence-corrected chi connectivity index (χ1v) is 10.5. The van der Waals surface area contributed by atoms with Gasteiger partial charge in [-0.1, -0.05) is 38.1 Å². The molecule has 2 aromatic carbocycles. The Kier molecular flexibility index (Phi) is 5.60. The molecule has 0 saturated heterocycles. The minimum absolute atomic E-state index is 0.165. The molecule has 1 heterocycles. The van der Waals surface area contributed by atoms with Crippen LogP contribution in [0.4, 0.5) is 4.79 Å². The van der Waals surface area contributed by atoms with Crippen LogP contribution in [0.1, 0.15) is 42.6 Å². The van der Waals surface area contributed by atoms with Crippen LogP contribution in [-0.2, 0) is 16.1 Å². The van der Waals surface area contributed by atoms with Crippen molar-refractivity contribution in [3.05, 3.63) is 53.6 Å². The Morgan fingerprint density at radius 3 is 2.66 bits per heavy atom. The number of rotatable bonds is 3. The molecule has 170 valence electrons. The van der Waals surface area contributed by atoms with Gasteiger partial charge < -0.3 is 29.7 Å². The number of carboxylic acid groups (broad SMARTS) is 1. The molecule has 1 spiro atoms. The van der Waals surface area contributed by atoms with Gasteiger partial charge in [0.1, 0.15) is 11.9 Å². The van der Waals surface area contributed by atoms with Gasteiger partial charge in [-0.15, -0.1) is 0 Å². The van der Waals surface area contributed by atoms with Crippen LogP contribution in [0, 0.1) is 5.41 Å². The smallest absolute Gasteiger partial charge is 0.407 e. The second-order valence-electron chi connectivity index (χ2n) is 9.06. The second kappa shape index (κ2) is 8.11. The highest BCUT2D eigenvalue weighted by Crippen LogP contribution is 2.48. The van der Waals surface area contributed by atoms with Crippen molar-refractivity contribution in [2.75, 3.05) is 7.05 Å². The molecular formula is C24H27NO7. The van der Waals surface area contributed by atoms with E-state index in [-0.39, 0.29) is 17.6 Å². The number of hydrogen-bond acceptors (Lipinski definition) is 6. The van der Waals surface area contributed by atoms with Gasteiger partial charge in [-0.05, 0) is 41.2 Å². The van der Waals surface area contributed by atoms with Crippen LogP contribution in [0.5, 0.6) is 5.75 Å². The first kappa shape index (κ1) is 22.1. The van der Waals surface area contributed by atoms with E-state index in [0.29, 0.717) is 24.2 Å². The Hall–Kier alpha value is -3.10. The zero-order valence-corrected chi connectivity index (χ0v) is 18.3. The van der Waals surface area contributed by atoms with E-state index in [2.05, 4.69) is 5.32 Å². The van der Waals surface area contributed by atoms with Crippen molar-refractivity contribution in [2.45, 2.75) is 51.3 Å². The molecule has 1 saturated carbocycles. The SMILES string of the molecule is CNC(=O)O[C@H]1CC(C)(C)C[C@@]2(OCc3cc(-c4ccccc4C(=O)O)ccc3O2)[C@H]1O. The van der Waals surface area contributed by atoms with Crippen molar-refractivity contribution in [1.29, 1.82) is 0 Å². The topological polar surface area (TPSA) is 114 Å². The molecule has 0 aromatic heterocycles. The summed E-state index contributed by atoms with van der Waals surface area (Å²) in [4.78, 5) is 23.4. The summed E-state index contributed by atoms with van der Waals surface area (Å²) in [6, 6.07) is 12.2. The van der Waals surface area contributed by atoms with Crippen molar-refractivity contribution in [1.82, 2.24) is 5.32 Å². The molecule has 1 amide bonds. The van der Waals surface area contributed by atoms with Crippen LogP contribution >= 0.6 is 0 Å². The van der Waals surface area contributed by atoms with Gasteiger partial charge in [0.15, 0.2) is 6.10 Å². The Morgan fingerprint density at radius 1 is 1.19 bits per heavy atom. The summed E-state index contributed by atoms with van der Waals surface area (Å²) in [5.74, 6) is -1.81. The number of alkyl carbamates (subject to hydrolysis) is 1. The van der Waals surface area contributed by atoms with Crippen LogP contribution in [0.2, 0.25) is 0 Å². The first-order valence-electron chi connectivity index (χ1n) is 10.5. The van der Waals surface area contributed by atoms with E-state index in [4.69, 9.17) is 14.2 Å². The van der Waals surface area contributed by atoms with E-state index >= 15 is 0 Å². The van der Waals surface area contributed by atoms with Crippen LogP contribution in [0.15, 0.2) is 42.5 Å². The highest BCUT2D eigenvalue weighted by molar-refractivity contribution is 5.96. The fourth-order valence-electron chi connectivity index (χ4n) is 4.61. The quantitative estimate of drug-likeness (QED) is 0.667. The lowest BCUT2D eigenvalue weighted by Crippen LogP contribution is -2.63. The van der Waals surface area contributed by atoms with Gasteiger partial charge in [0, 0.05) is 19.0 Å². The number of aliphatic hydroxyl groups is 1. The Bertz CT molecular complexity index is 1050. The zero-order chi connectivity index (χ0) is 23.1. The largest absolute Gasteiger partial charge is 0.478 e. The number of benzene rings is 2. The Balaban J connectivity index is 1.65. The van der Waals surface area contributed by atoms with E-state index in [1.165, 1.54) is 7.05 Å². The van der Waals surface area contributed by atoms with Gasteiger partial charge in [0.05, 0.1) is 12.2 Å². The number of carboxylic acids is 1. The number of aromatic carboxylic acids is 1. The number of carbonyl (C=O) groups is 2. The van der Waals surface area contributed by atoms with Crippen molar-refractivity contribution < 1.29 is 34.0 Å². The van der Waals surface area contributed by atoms with Gasteiger partial charge in [0.2, 0.25) is 5.79 Å². The molecular weight excluding hydrogens is 414 g/mol. The molecule has 32 heavy (non-hydrogen) atoms. The van der Waals surface area contributed by atoms with Gasteiger partial charge in [-0.3, -0.25) is 0 Å². The standard InChI is InChI=1S/C24H27NO7/c1-23(2)11-19(31-22(29)25-3)20(26)24(13-23)30-12-15-10-14(8-9-18(15)32-24)16-6-4-5-7-17(16)21(27)28/h4-10,19-20,26H,11-13H2,1-3H3,(H,25,29)(H,27,28)/t19-,20-,24-/m0/s1. The number of amides is 1. The van der Waals surface area contributed by atoms with Crippen molar-refractivity contribution >= 4 is 12.1 Å². The summed E-state index contributed by atoms with van der Waals surface area (Å²) in [5.41, 5.74) is 1.97. The number of fused-ring (bicyclic) bond motifs is 1. The van der Waals surface area contributed by atoms with Crippen molar-refractivity contribution in [3.8, 4) is 16.9 Å². The van der Waals surface area contributed by atoms with Gasteiger partial charge >= 0.3 is 12.1 Å². The molecule has 2 aliphatic rings. The zero-order valence-electron chi connectivity index (χ0n) is 18.3. The summed E-state index contributed by atoms with van der Waals surface area (Å²) in [6.07, 6.45) is -1.71. The Morgan fingerprint density at radius 2 is 1.94 bits per heavy atom. The van der Waals surface area contributed by atoms with Crippen LogP contribution in [0.25, 0.3) is 11.1 Å². The number of carbonyl (C=O) groups excluding carboxylic acids is 1. The molecule has 0 unspecified atom stereocenters. The van der Waals surface area contributed by atoms with E-state index in [1.54, 1.807) is 36.4 Å². The molecule has 1 aliphatic carbocycles. The third kappa shape index (κ3) is 4.03. The number of ether oxygens (including phenoxy) is 3. The summed E-state index contributed by atoms with van der Waals surface area (Å²) >= 11 is 0. The van der Waals surface area contributed by atoms with Gasteiger partial charge in [-0.2, -0.15) is 0 Å². The maximum Gasteiger partial charge on any atom is 0.407 e. The molecule has 2 aromatic rings. The molecule has 1 fully saturated rings. The fraction of sp³-hybridized carbons (Fsp3) is 0.417. The van der Waals surface area contributed by atoms with Gasteiger partial charge in [0.25, 0.3) is 0 Å². The van der Waals surface area contributed by atoms with Crippen LogP contribution in [-0.4, -0.2) is 47.3 Å². The highest BCUT2D eigenvalue weighted by Gasteiger charge is 2.57. The van der Waals surface area contributed by atoms with Crippen molar-refractivity contribution in [3.63, 3.8) is 0 Å². The third-order valence-electron chi connectivity index (χ3n) is 6.03. The lowest BCUT2D eigenvalue weighted by molar-refractivity contribution is -0.304. The Labute approximate surface area is 186 Å². The summed E-state index contributed by atoms with van der Waals surface area (Å²) in [5, 5.41) is 23.0. The summed E-state index contributed by atoms with van der Waals surface area (Å²) in [6.45, 7) is 4.18. The molecule has 8 nitrogen and oxygen atoms in total. The van der Waals surface area contributed by atoms with Crippen LogP contribution < -0.4 is 10.1 Å². The normalized spacial score (nSPS) is 26.0. The third-order valence-corrected chi connectivity index (χ3v) is 6.03. The monoisotopic (exact) mass is 441 g/mol. The molecule has 3 N–H and O–H groups in total. The maximum absolute atomic E-state index is 11.8. The maximum atomic E-state index is 11.8. The van der Waals surface area contributed by atoms with E-state index in [9.17, 15) is 19.8 Å². The van der Waals surface area contributed by atoms with E-state index < -0.39 is 30.1 Å². The second-order valence-corrected chi connectivity index (χ2v) is 9.06. The van der Waals surface area contributed by atoms with E-state index in [0.717, 1.165) is 11.1 Å². The van der Waals surface area contributed by atoms with Crippen molar-refractivity contribution in [2.24, 2.45) is 5.41 Å². The predicted molar refractivity (Wildman–Crippen MR) is 115 cm³/mol. The number of nitrogens with one attached hydrogen (secondary N) is 1. The van der Waals surface area contributed by atoms with Crippen LogP contribution in [0.3, 0.4) is 0 Å². The molecule has 4 rings (SSSR count). The molecule has 0 radical (unpaired) electrons. The number of aliphatic hydroxyl groups excluding tert-OH is 1. The summed E-state index contributed by atoms with van der Waals surface area (Å²) < 4.78 is 17.7. The fourth-order valence-corrected chi connectivity index (χ4v) is 4.61. The summed E-state index contributed by atoms with van der Waals surface area (Å²) in [7, 11) is 1.46. The minimum atomic E-state index is -1.35. The molecule has 0 bridgehead atoms. The first-order chi connectivity index (χ1) is 15.1. The minimum Gasteiger partial charge on any atom is -0.478 e. The highest BCUT2D eigenvalue weighted by atomic mass is 16.7. The molecule has 8 heteroatoms. The van der Waals surface area contributed by atoms with Gasteiger partial charge in [-0.25, -0.2) is 9.59 Å². The number of hydrogen-bond donors (Lipinski definition) is 3. The van der Waals surface area contributed by atoms with E-state index in [1.807, 2.05) is 19.9 Å². The molecule has 1 aliphatic heterocycles. The molecule has 3 atom stereocenters.